The summed E-state index contributed by atoms with van der Waals surface area (Å²) in [7, 11) is -3.97. The highest BCUT2D eigenvalue weighted by Crippen LogP contribution is 2.27. The van der Waals surface area contributed by atoms with Gasteiger partial charge < -0.3 is 5.73 Å². The maximum atomic E-state index is 13.7. The molecule has 3 aromatic carbocycles. The van der Waals surface area contributed by atoms with Crippen LogP contribution in [-0.4, -0.2) is 14.3 Å². The molecule has 0 unspecified atom stereocenters. The highest BCUT2D eigenvalue weighted by atomic mass is 32.2. The molecular formula is C22H17F2NO3S. The number of amides is 1. The van der Waals surface area contributed by atoms with Crippen molar-refractivity contribution in [3.8, 4) is 0 Å². The molecule has 0 saturated heterocycles. The molecule has 0 radical (unpaired) electrons. The minimum Gasteiger partial charge on any atom is -0.366 e. The van der Waals surface area contributed by atoms with E-state index in [1.165, 1.54) is 30.3 Å². The summed E-state index contributed by atoms with van der Waals surface area (Å²) in [5, 5.41) is 0. The minimum absolute atomic E-state index is 0.000544. The van der Waals surface area contributed by atoms with E-state index in [1.807, 2.05) is 0 Å². The predicted octanol–water partition coefficient (Wildman–Crippen LogP) is 4.38. The fraction of sp³-hybridized carbons (Fsp3) is 0.0455. The molecule has 7 heteroatoms. The molecule has 0 aliphatic carbocycles. The maximum absolute atomic E-state index is 13.7. The summed E-state index contributed by atoms with van der Waals surface area (Å²) in [6, 6.07) is 13.7. The van der Waals surface area contributed by atoms with Crippen LogP contribution in [0.2, 0.25) is 0 Å². The number of hydrogen-bond donors (Lipinski definition) is 1. The zero-order chi connectivity index (χ0) is 21.2. The van der Waals surface area contributed by atoms with Gasteiger partial charge in [-0.3, -0.25) is 4.79 Å². The van der Waals surface area contributed by atoms with Gasteiger partial charge in [0.25, 0.3) is 0 Å². The van der Waals surface area contributed by atoms with E-state index in [-0.39, 0.29) is 20.9 Å². The van der Waals surface area contributed by atoms with E-state index < -0.39 is 27.4 Å². The molecule has 0 saturated carbocycles. The second-order valence-corrected chi connectivity index (χ2v) is 8.27. The first-order valence-corrected chi connectivity index (χ1v) is 10.1. The van der Waals surface area contributed by atoms with E-state index in [0.29, 0.717) is 11.1 Å². The Kier molecular flexibility index (Phi) is 5.61. The fourth-order valence-electron chi connectivity index (χ4n) is 2.90. The van der Waals surface area contributed by atoms with Crippen LogP contribution in [0.15, 0.2) is 70.5 Å². The zero-order valence-corrected chi connectivity index (χ0v) is 16.2. The molecule has 4 nitrogen and oxygen atoms in total. The number of carbonyl (C=O) groups is 1. The van der Waals surface area contributed by atoms with Crippen molar-refractivity contribution in [1.82, 2.24) is 0 Å². The number of rotatable bonds is 5. The van der Waals surface area contributed by atoms with Crippen LogP contribution in [0.25, 0.3) is 12.2 Å². The third kappa shape index (κ3) is 4.25. The lowest BCUT2D eigenvalue weighted by Gasteiger charge is -2.11. The SMILES string of the molecule is Cc1cccc(C(N)=O)c1S(=O)(=O)c1ccc(C=Cc2ccc(F)cc2F)cc1. The fourth-order valence-corrected chi connectivity index (χ4v) is 4.58. The second kappa shape index (κ2) is 7.97. The molecule has 0 spiro atoms. The van der Waals surface area contributed by atoms with Crippen LogP contribution >= 0.6 is 0 Å². The number of aryl methyl sites for hydroxylation is 1. The quantitative estimate of drug-likeness (QED) is 0.631. The molecule has 0 fully saturated rings. The Morgan fingerprint density at radius 3 is 2.28 bits per heavy atom. The highest BCUT2D eigenvalue weighted by Gasteiger charge is 2.25. The molecule has 0 aromatic heterocycles. The molecule has 1 amide bonds. The lowest BCUT2D eigenvalue weighted by atomic mass is 10.1. The van der Waals surface area contributed by atoms with Crippen LogP contribution in [0.5, 0.6) is 0 Å². The Bertz CT molecular complexity index is 1220. The van der Waals surface area contributed by atoms with Crippen molar-refractivity contribution in [2.24, 2.45) is 5.73 Å². The van der Waals surface area contributed by atoms with Gasteiger partial charge in [-0.15, -0.1) is 0 Å². The van der Waals surface area contributed by atoms with Crippen LogP contribution in [0.1, 0.15) is 27.0 Å². The van der Waals surface area contributed by atoms with Crippen molar-refractivity contribution in [2.75, 3.05) is 0 Å². The lowest BCUT2D eigenvalue weighted by Crippen LogP contribution is -2.17. The molecule has 0 heterocycles. The molecule has 148 valence electrons. The average molecular weight is 413 g/mol. The molecule has 0 aliphatic heterocycles. The van der Waals surface area contributed by atoms with Gasteiger partial charge in [0.2, 0.25) is 15.7 Å². The molecule has 0 aliphatic rings. The Balaban J connectivity index is 1.94. The van der Waals surface area contributed by atoms with Crippen LogP contribution in [0.4, 0.5) is 8.78 Å². The monoisotopic (exact) mass is 413 g/mol. The van der Waals surface area contributed by atoms with Gasteiger partial charge in [0.05, 0.1) is 15.4 Å². The van der Waals surface area contributed by atoms with Gasteiger partial charge in [0.15, 0.2) is 0 Å². The number of benzene rings is 3. The molecule has 0 bridgehead atoms. The third-order valence-corrected chi connectivity index (χ3v) is 6.33. The van der Waals surface area contributed by atoms with E-state index >= 15 is 0 Å². The Hall–Kier alpha value is -3.32. The first-order chi connectivity index (χ1) is 13.7. The van der Waals surface area contributed by atoms with E-state index in [0.717, 1.165) is 12.1 Å². The van der Waals surface area contributed by atoms with Gasteiger partial charge in [-0.25, -0.2) is 17.2 Å². The molecule has 0 atom stereocenters. The normalized spacial score (nSPS) is 11.7. The van der Waals surface area contributed by atoms with Crippen molar-refractivity contribution in [3.05, 3.63) is 94.6 Å². The first kappa shape index (κ1) is 20.4. The van der Waals surface area contributed by atoms with Gasteiger partial charge >= 0.3 is 0 Å². The summed E-state index contributed by atoms with van der Waals surface area (Å²) in [6.07, 6.45) is 3.04. The summed E-state index contributed by atoms with van der Waals surface area (Å²) >= 11 is 0. The summed E-state index contributed by atoms with van der Waals surface area (Å²) in [5.41, 5.74) is 6.50. The van der Waals surface area contributed by atoms with Gasteiger partial charge in [-0.1, -0.05) is 36.4 Å². The van der Waals surface area contributed by atoms with E-state index in [1.54, 1.807) is 37.3 Å². The number of carbonyl (C=O) groups excluding carboxylic acids is 1. The smallest absolute Gasteiger partial charge is 0.250 e. The predicted molar refractivity (Wildman–Crippen MR) is 107 cm³/mol. The van der Waals surface area contributed by atoms with Gasteiger partial charge in [-0.05, 0) is 48.4 Å². The Labute approximate surface area is 167 Å². The summed E-state index contributed by atoms with van der Waals surface area (Å²) in [5.74, 6) is -2.19. The van der Waals surface area contributed by atoms with Crippen molar-refractivity contribution < 1.29 is 22.0 Å². The number of primary amides is 1. The minimum atomic E-state index is -3.97. The molecule has 3 rings (SSSR count). The third-order valence-electron chi connectivity index (χ3n) is 4.35. The second-order valence-electron chi connectivity index (χ2n) is 6.39. The van der Waals surface area contributed by atoms with E-state index in [4.69, 9.17) is 5.73 Å². The molecule has 2 N–H and O–H groups in total. The number of sulfone groups is 1. The standard InChI is InChI=1S/C22H17F2NO3S/c1-14-3-2-4-19(22(25)26)21(14)29(27,28)18-11-6-15(7-12-18)5-8-16-9-10-17(23)13-20(16)24/h2-13H,1H3,(H2,25,26). The van der Waals surface area contributed by atoms with Crippen molar-refractivity contribution >= 4 is 27.9 Å². The summed E-state index contributed by atoms with van der Waals surface area (Å²) in [6.45, 7) is 1.59. The van der Waals surface area contributed by atoms with Gasteiger partial charge in [-0.2, -0.15) is 0 Å². The molecule has 29 heavy (non-hydrogen) atoms. The van der Waals surface area contributed by atoms with E-state index in [2.05, 4.69) is 0 Å². The van der Waals surface area contributed by atoms with Crippen LogP contribution in [0.3, 0.4) is 0 Å². The Morgan fingerprint density at radius 2 is 1.66 bits per heavy atom. The van der Waals surface area contributed by atoms with Crippen LogP contribution in [-0.2, 0) is 9.84 Å². The topological polar surface area (TPSA) is 77.2 Å². The first-order valence-electron chi connectivity index (χ1n) is 8.58. The van der Waals surface area contributed by atoms with Crippen LogP contribution in [0, 0.1) is 18.6 Å². The largest absolute Gasteiger partial charge is 0.366 e. The maximum Gasteiger partial charge on any atom is 0.250 e. The summed E-state index contributed by atoms with van der Waals surface area (Å²) < 4.78 is 52.7. The number of hydrogen-bond acceptors (Lipinski definition) is 3. The van der Waals surface area contributed by atoms with Gasteiger partial charge in [0.1, 0.15) is 11.6 Å². The highest BCUT2D eigenvalue weighted by molar-refractivity contribution is 7.91. The number of halogens is 2. The van der Waals surface area contributed by atoms with Crippen LogP contribution < -0.4 is 5.73 Å². The van der Waals surface area contributed by atoms with Crippen molar-refractivity contribution in [2.45, 2.75) is 16.7 Å². The van der Waals surface area contributed by atoms with Crippen molar-refractivity contribution in [1.29, 1.82) is 0 Å². The Morgan fingerprint density at radius 1 is 0.966 bits per heavy atom. The molecule has 3 aromatic rings. The van der Waals surface area contributed by atoms with E-state index in [9.17, 15) is 22.0 Å². The summed E-state index contributed by atoms with van der Waals surface area (Å²) in [4.78, 5) is 11.5. The lowest BCUT2D eigenvalue weighted by molar-refractivity contribution is 0.0997. The molecular weight excluding hydrogens is 396 g/mol. The average Bonchev–Trinajstić information content (AvgIpc) is 2.67. The number of nitrogens with two attached hydrogens (primary N) is 1. The zero-order valence-electron chi connectivity index (χ0n) is 15.4. The van der Waals surface area contributed by atoms with Gasteiger partial charge in [0, 0.05) is 11.6 Å². The van der Waals surface area contributed by atoms with Crippen molar-refractivity contribution in [3.63, 3.8) is 0 Å².